The van der Waals surface area contributed by atoms with E-state index in [0.29, 0.717) is 22.3 Å². The van der Waals surface area contributed by atoms with E-state index in [4.69, 9.17) is 4.74 Å². The molecule has 0 fully saturated rings. The van der Waals surface area contributed by atoms with Crippen LogP contribution in [0.2, 0.25) is 0 Å². The number of benzene rings is 2. The number of hydrogen-bond donors (Lipinski definition) is 1. The number of H-pyrrole nitrogens is 1. The number of nitrogens with zero attached hydrogens (tertiary/aromatic N) is 1. The fraction of sp³-hybridized carbons (Fsp3) is 0.0526. The molecular formula is C19H14N2O3. The van der Waals surface area contributed by atoms with E-state index in [1.165, 1.54) is 4.57 Å². The quantitative estimate of drug-likeness (QED) is 0.617. The molecule has 0 saturated carbocycles. The fourth-order valence-electron chi connectivity index (χ4n) is 3.00. The van der Waals surface area contributed by atoms with E-state index in [1.807, 2.05) is 12.1 Å². The second-order valence-corrected chi connectivity index (χ2v) is 5.46. The predicted octanol–water partition coefficient (Wildman–Crippen LogP) is 3.18. The van der Waals surface area contributed by atoms with Crippen LogP contribution in [-0.2, 0) is 0 Å². The molecular weight excluding hydrogens is 304 g/mol. The highest BCUT2D eigenvalue weighted by molar-refractivity contribution is 6.16. The van der Waals surface area contributed by atoms with Crippen molar-refractivity contribution in [1.29, 1.82) is 0 Å². The van der Waals surface area contributed by atoms with Crippen LogP contribution in [0.15, 0.2) is 65.6 Å². The van der Waals surface area contributed by atoms with Crippen LogP contribution in [0.4, 0.5) is 0 Å². The van der Waals surface area contributed by atoms with Gasteiger partial charge in [0.05, 0.1) is 12.6 Å². The third kappa shape index (κ3) is 2.02. The number of ether oxygens (including phenoxy) is 1. The van der Waals surface area contributed by atoms with Crippen molar-refractivity contribution < 1.29 is 9.53 Å². The minimum Gasteiger partial charge on any atom is -0.497 e. The number of fused-ring (bicyclic) bond motifs is 3. The molecule has 0 aliphatic carbocycles. The zero-order valence-electron chi connectivity index (χ0n) is 12.9. The van der Waals surface area contributed by atoms with Gasteiger partial charge < -0.3 is 9.72 Å². The van der Waals surface area contributed by atoms with E-state index in [2.05, 4.69) is 4.98 Å². The summed E-state index contributed by atoms with van der Waals surface area (Å²) in [5, 5.41) is 1.52. The lowest BCUT2D eigenvalue weighted by atomic mass is 10.2. The highest BCUT2D eigenvalue weighted by atomic mass is 16.5. The fourth-order valence-corrected chi connectivity index (χ4v) is 3.00. The Bertz CT molecular complexity index is 1120. The summed E-state index contributed by atoms with van der Waals surface area (Å²) < 4.78 is 6.75. The molecule has 0 atom stereocenters. The van der Waals surface area contributed by atoms with E-state index < -0.39 is 0 Å². The van der Waals surface area contributed by atoms with Crippen molar-refractivity contribution in [3.8, 4) is 5.75 Å². The van der Waals surface area contributed by atoms with Gasteiger partial charge in [-0.25, -0.2) is 0 Å². The normalized spacial score (nSPS) is 11.0. The van der Waals surface area contributed by atoms with Crippen LogP contribution in [0.1, 0.15) is 10.4 Å². The Labute approximate surface area is 137 Å². The van der Waals surface area contributed by atoms with Gasteiger partial charge in [-0.05, 0) is 36.4 Å². The standard InChI is InChI=1S/C19H14N2O3/c1-24-13-7-8-16-15(11-13)14-9-10-20-18(22)17(14)21(16)19(23)12-5-3-2-4-6-12/h2-11H,1H3,(H,20,22). The molecule has 0 amide bonds. The molecule has 2 aromatic carbocycles. The number of methoxy groups -OCH3 is 1. The van der Waals surface area contributed by atoms with Crippen LogP contribution in [0.5, 0.6) is 5.75 Å². The minimum atomic E-state index is -0.299. The molecule has 0 aliphatic rings. The summed E-state index contributed by atoms with van der Waals surface area (Å²) in [5.74, 6) is 0.437. The average Bonchev–Trinajstić information content (AvgIpc) is 2.97. The van der Waals surface area contributed by atoms with E-state index in [-0.39, 0.29) is 11.5 Å². The largest absolute Gasteiger partial charge is 0.497 e. The number of rotatable bonds is 2. The van der Waals surface area contributed by atoms with Crippen molar-refractivity contribution >= 4 is 27.7 Å². The lowest BCUT2D eigenvalue weighted by Gasteiger charge is -2.06. The first-order valence-electron chi connectivity index (χ1n) is 7.50. The van der Waals surface area contributed by atoms with Gasteiger partial charge in [-0.1, -0.05) is 18.2 Å². The van der Waals surface area contributed by atoms with Gasteiger partial charge in [0, 0.05) is 22.5 Å². The Balaban J connectivity index is 2.13. The smallest absolute Gasteiger partial charge is 0.272 e. The van der Waals surface area contributed by atoms with Crippen molar-refractivity contribution in [2.75, 3.05) is 7.11 Å². The second-order valence-electron chi connectivity index (χ2n) is 5.46. The van der Waals surface area contributed by atoms with Gasteiger partial charge >= 0.3 is 0 Å². The highest BCUT2D eigenvalue weighted by Gasteiger charge is 2.19. The number of nitrogens with one attached hydrogen (secondary N) is 1. The first kappa shape index (κ1) is 14.3. The molecule has 0 spiro atoms. The van der Waals surface area contributed by atoms with E-state index >= 15 is 0 Å². The van der Waals surface area contributed by atoms with Crippen LogP contribution in [0.3, 0.4) is 0 Å². The molecule has 0 aliphatic heterocycles. The molecule has 1 N–H and O–H groups in total. The molecule has 0 radical (unpaired) electrons. The van der Waals surface area contributed by atoms with Gasteiger partial charge in [-0.2, -0.15) is 0 Å². The zero-order valence-corrected chi connectivity index (χ0v) is 12.9. The monoisotopic (exact) mass is 318 g/mol. The molecule has 0 unspecified atom stereocenters. The zero-order chi connectivity index (χ0) is 16.7. The molecule has 5 heteroatoms. The topological polar surface area (TPSA) is 64.1 Å². The van der Waals surface area contributed by atoms with Crippen molar-refractivity contribution in [3.63, 3.8) is 0 Å². The Morgan fingerprint density at radius 1 is 1.04 bits per heavy atom. The summed E-state index contributed by atoms with van der Waals surface area (Å²) in [7, 11) is 1.59. The number of hydrogen-bond acceptors (Lipinski definition) is 3. The second kappa shape index (κ2) is 5.38. The molecule has 24 heavy (non-hydrogen) atoms. The van der Waals surface area contributed by atoms with Gasteiger partial charge in [0.1, 0.15) is 11.3 Å². The van der Waals surface area contributed by atoms with Crippen LogP contribution in [0, 0.1) is 0 Å². The van der Waals surface area contributed by atoms with Gasteiger partial charge in [0.15, 0.2) is 0 Å². The SMILES string of the molecule is COc1ccc2c(c1)c1cc[nH]c(=O)c1n2C(=O)c1ccccc1. The van der Waals surface area contributed by atoms with Crippen LogP contribution < -0.4 is 10.3 Å². The maximum absolute atomic E-state index is 13.0. The summed E-state index contributed by atoms with van der Waals surface area (Å²) >= 11 is 0. The lowest BCUT2D eigenvalue weighted by Crippen LogP contribution is -2.17. The van der Waals surface area contributed by atoms with Crippen LogP contribution in [0.25, 0.3) is 21.8 Å². The third-order valence-corrected chi connectivity index (χ3v) is 4.12. The Hall–Kier alpha value is -3.34. The van der Waals surface area contributed by atoms with Gasteiger partial charge in [-0.15, -0.1) is 0 Å². The van der Waals surface area contributed by atoms with Crippen LogP contribution in [-0.4, -0.2) is 22.6 Å². The Morgan fingerprint density at radius 3 is 2.58 bits per heavy atom. The van der Waals surface area contributed by atoms with Gasteiger partial charge in [0.25, 0.3) is 11.5 Å². The predicted molar refractivity (Wildman–Crippen MR) is 92.8 cm³/mol. The molecule has 4 aromatic rings. The maximum atomic E-state index is 13.0. The summed E-state index contributed by atoms with van der Waals surface area (Å²) in [6.07, 6.45) is 1.58. The number of carbonyl (C=O) groups excluding carboxylic acids is 1. The van der Waals surface area contributed by atoms with Crippen molar-refractivity contribution in [3.05, 3.63) is 76.7 Å². The number of carbonyl (C=O) groups is 1. The van der Waals surface area contributed by atoms with E-state index in [1.54, 1.807) is 55.8 Å². The molecule has 4 rings (SSSR count). The molecule has 5 nitrogen and oxygen atoms in total. The van der Waals surface area contributed by atoms with E-state index in [9.17, 15) is 9.59 Å². The summed E-state index contributed by atoms with van der Waals surface area (Å²) in [5.41, 5.74) is 1.24. The summed E-state index contributed by atoms with van der Waals surface area (Å²) in [6.45, 7) is 0. The third-order valence-electron chi connectivity index (χ3n) is 4.12. The molecule has 2 heterocycles. The average molecular weight is 318 g/mol. The van der Waals surface area contributed by atoms with E-state index in [0.717, 1.165) is 10.8 Å². The van der Waals surface area contributed by atoms with Crippen molar-refractivity contribution in [2.45, 2.75) is 0 Å². The first-order chi connectivity index (χ1) is 11.7. The Morgan fingerprint density at radius 2 is 1.83 bits per heavy atom. The number of pyridine rings is 1. The van der Waals surface area contributed by atoms with Crippen molar-refractivity contribution in [2.24, 2.45) is 0 Å². The molecule has 2 aromatic heterocycles. The summed E-state index contributed by atoms with van der Waals surface area (Å²) in [4.78, 5) is 28.1. The lowest BCUT2D eigenvalue weighted by molar-refractivity contribution is 0.0969. The highest BCUT2D eigenvalue weighted by Crippen LogP contribution is 2.30. The molecule has 0 bridgehead atoms. The minimum absolute atomic E-state index is 0.238. The molecule has 118 valence electrons. The summed E-state index contributed by atoms with van der Waals surface area (Å²) in [6, 6.07) is 16.1. The van der Waals surface area contributed by atoms with Crippen molar-refractivity contribution in [1.82, 2.24) is 9.55 Å². The maximum Gasteiger partial charge on any atom is 0.272 e. The number of aromatic nitrogens is 2. The first-order valence-corrected chi connectivity index (χ1v) is 7.50. The van der Waals surface area contributed by atoms with Crippen LogP contribution >= 0.6 is 0 Å². The van der Waals surface area contributed by atoms with Gasteiger partial charge in [0.2, 0.25) is 0 Å². The molecule has 0 saturated heterocycles. The Kier molecular flexibility index (Phi) is 3.20. The number of aromatic amines is 1. The van der Waals surface area contributed by atoms with Gasteiger partial charge in [-0.3, -0.25) is 14.2 Å².